The summed E-state index contributed by atoms with van der Waals surface area (Å²) in [5, 5.41) is 13.1. The van der Waals surface area contributed by atoms with Crippen LogP contribution in [-0.2, 0) is 0 Å². The van der Waals surface area contributed by atoms with Gasteiger partial charge in [-0.25, -0.2) is 4.98 Å². The number of hydrogen-bond donors (Lipinski definition) is 2. The van der Waals surface area contributed by atoms with Crippen LogP contribution >= 0.6 is 0 Å². The highest BCUT2D eigenvalue weighted by Crippen LogP contribution is 2.39. The van der Waals surface area contributed by atoms with Gasteiger partial charge in [0.05, 0.1) is 30.2 Å². The van der Waals surface area contributed by atoms with Gasteiger partial charge in [0.25, 0.3) is 5.91 Å². The average molecular weight is 353 g/mol. The molecular formula is C19H23N5O2. The van der Waals surface area contributed by atoms with Gasteiger partial charge in [-0.3, -0.25) is 14.8 Å². The van der Waals surface area contributed by atoms with Crippen LogP contribution in [0, 0.1) is 5.92 Å². The maximum atomic E-state index is 12.5. The van der Waals surface area contributed by atoms with Crippen LogP contribution in [0.15, 0.2) is 36.8 Å². The van der Waals surface area contributed by atoms with E-state index in [4.69, 9.17) is 0 Å². The first-order valence-electron chi connectivity index (χ1n) is 9.17. The molecule has 2 fully saturated rings. The molecular weight excluding hydrogens is 330 g/mol. The minimum Gasteiger partial charge on any atom is -0.393 e. The molecule has 1 amide bonds. The summed E-state index contributed by atoms with van der Waals surface area (Å²) in [6.07, 6.45) is 8.22. The highest BCUT2D eigenvalue weighted by molar-refractivity contribution is 5.92. The summed E-state index contributed by atoms with van der Waals surface area (Å²) in [6, 6.07) is 5.73. The van der Waals surface area contributed by atoms with Crippen LogP contribution in [0.3, 0.4) is 0 Å². The second-order valence-corrected chi connectivity index (χ2v) is 7.05. The number of carbonyl (C=O) groups is 1. The Morgan fingerprint density at radius 2 is 2.04 bits per heavy atom. The highest BCUT2D eigenvalue weighted by Gasteiger charge is 2.35. The average Bonchev–Trinajstić information content (AvgIpc) is 3.19. The summed E-state index contributed by atoms with van der Waals surface area (Å²) >= 11 is 0. The molecule has 2 aromatic heterocycles. The van der Waals surface area contributed by atoms with Crippen molar-refractivity contribution in [2.45, 2.75) is 37.8 Å². The highest BCUT2D eigenvalue weighted by atomic mass is 16.3. The van der Waals surface area contributed by atoms with E-state index in [1.807, 2.05) is 23.1 Å². The van der Waals surface area contributed by atoms with Crippen molar-refractivity contribution in [2.75, 3.05) is 18.4 Å². The third kappa shape index (κ3) is 3.53. The molecule has 1 saturated carbocycles. The number of aliphatic hydroxyl groups is 1. The van der Waals surface area contributed by atoms with Gasteiger partial charge in [0.2, 0.25) is 0 Å². The zero-order valence-corrected chi connectivity index (χ0v) is 14.6. The van der Waals surface area contributed by atoms with Gasteiger partial charge < -0.3 is 15.3 Å². The molecule has 1 aliphatic heterocycles. The minimum absolute atomic E-state index is 0.0629. The molecule has 4 rings (SSSR count). The van der Waals surface area contributed by atoms with Crippen molar-refractivity contribution in [3.63, 3.8) is 0 Å². The molecule has 3 heterocycles. The number of rotatable bonds is 5. The van der Waals surface area contributed by atoms with Gasteiger partial charge in [-0.2, -0.15) is 0 Å². The summed E-state index contributed by atoms with van der Waals surface area (Å²) in [6.45, 7) is 1.57. The maximum absolute atomic E-state index is 12.5. The smallest absolute Gasteiger partial charge is 0.274 e. The number of likely N-dealkylation sites (tertiary alicyclic amines) is 1. The van der Waals surface area contributed by atoms with E-state index in [2.05, 4.69) is 20.3 Å². The second-order valence-electron chi connectivity index (χ2n) is 7.05. The van der Waals surface area contributed by atoms with E-state index in [1.165, 1.54) is 6.20 Å². The lowest BCUT2D eigenvalue weighted by atomic mass is 9.76. The van der Waals surface area contributed by atoms with E-state index in [9.17, 15) is 9.90 Å². The molecule has 0 aromatic carbocycles. The molecule has 1 saturated heterocycles. The lowest BCUT2D eigenvalue weighted by molar-refractivity contribution is 0.0333. The summed E-state index contributed by atoms with van der Waals surface area (Å²) in [4.78, 5) is 27.5. The molecule has 1 unspecified atom stereocenters. The van der Waals surface area contributed by atoms with Crippen molar-refractivity contribution >= 4 is 11.7 Å². The number of aromatic nitrogens is 3. The molecule has 7 heteroatoms. The van der Waals surface area contributed by atoms with E-state index in [0.29, 0.717) is 11.5 Å². The van der Waals surface area contributed by atoms with Crippen molar-refractivity contribution < 1.29 is 9.90 Å². The number of hydrogen-bond acceptors (Lipinski definition) is 6. The van der Waals surface area contributed by atoms with Gasteiger partial charge in [0.15, 0.2) is 0 Å². The number of pyridine rings is 1. The fourth-order valence-corrected chi connectivity index (χ4v) is 3.68. The Morgan fingerprint density at radius 3 is 2.73 bits per heavy atom. The van der Waals surface area contributed by atoms with E-state index in [0.717, 1.165) is 44.5 Å². The van der Waals surface area contributed by atoms with Crippen molar-refractivity contribution in [1.29, 1.82) is 0 Å². The van der Waals surface area contributed by atoms with E-state index >= 15 is 0 Å². The number of amides is 1. The van der Waals surface area contributed by atoms with E-state index in [-0.39, 0.29) is 24.0 Å². The zero-order chi connectivity index (χ0) is 17.9. The maximum Gasteiger partial charge on any atom is 0.274 e. The molecule has 0 bridgehead atoms. The van der Waals surface area contributed by atoms with Gasteiger partial charge in [0.1, 0.15) is 11.5 Å². The Bertz CT molecular complexity index is 758. The number of nitrogens with one attached hydrogen (secondary N) is 1. The second kappa shape index (κ2) is 7.37. The fraction of sp³-hybridized carbons (Fsp3) is 0.474. The molecule has 136 valence electrons. The quantitative estimate of drug-likeness (QED) is 0.855. The molecule has 1 atom stereocenters. The molecule has 7 nitrogen and oxygen atoms in total. The van der Waals surface area contributed by atoms with Crippen LogP contribution in [0.5, 0.6) is 0 Å². The van der Waals surface area contributed by atoms with Crippen LogP contribution < -0.4 is 5.32 Å². The Kier molecular flexibility index (Phi) is 4.79. The number of nitrogens with zero attached hydrogens (tertiary/aromatic N) is 4. The third-order valence-corrected chi connectivity index (χ3v) is 5.18. The van der Waals surface area contributed by atoms with Crippen LogP contribution in [-0.4, -0.2) is 50.1 Å². The van der Waals surface area contributed by atoms with Crippen LogP contribution in [0.4, 0.5) is 5.82 Å². The van der Waals surface area contributed by atoms with Crippen molar-refractivity contribution in [2.24, 2.45) is 5.92 Å². The predicted molar refractivity (Wildman–Crippen MR) is 96.5 cm³/mol. The summed E-state index contributed by atoms with van der Waals surface area (Å²) in [7, 11) is 0. The zero-order valence-electron chi connectivity index (χ0n) is 14.6. The molecule has 26 heavy (non-hydrogen) atoms. The lowest BCUT2D eigenvalue weighted by Crippen LogP contribution is -2.36. The predicted octanol–water partition coefficient (Wildman–Crippen LogP) is 2.03. The molecule has 2 aromatic rings. The standard InChI is InChI=1S/C19H23N5O2/c25-14-9-13(10-14)18(15-5-1-2-6-21-15)23-17-12-20-11-16(22-17)19(26)24-7-3-4-8-24/h1-2,5-6,11-14,18,25H,3-4,7-10H2,(H,22,23). The fourth-order valence-electron chi connectivity index (χ4n) is 3.68. The Morgan fingerprint density at radius 1 is 1.23 bits per heavy atom. The van der Waals surface area contributed by atoms with Crippen LogP contribution in [0.25, 0.3) is 0 Å². The topological polar surface area (TPSA) is 91.2 Å². The number of carbonyl (C=O) groups excluding carboxylic acids is 1. The third-order valence-electron chi connectivity index (χ3n) is 5.18. The largest absolute Gasteiger partial charge is 0.393 e. The monoisotopic (exact) mass is 353 g/mol. The first kappa shape index (κ1) is 16.9. The Balaban J connectivity index is 1.54. The van der Waals surface area contributed by atoms with Gasteiger partial charge in [0, 0.05) is 19.3 Å². The van der Waals surface area contributed by atoms with Crippen molar-refractivity contribution in [1.82, 2.24) is 19.9 Å². The normalized spacial score (nSPS) is 23.3. The summed E-state index contributed by atoms with van der Waals surface area (Å²) < 4.78 is 0. The minimum atomic E-state index is -0.248. The molecule has 2 aliphatic rings. The molecule has 0 radical (unpaired) electrons. The van der Waals surface area contributed by atoms with Gasteiger partial charge in [-0.1, -0.05) is 6.07 Å². The van der Waals surface area contributed by atoms with Crippen LogP contribution in [0.2, 0.25) is 0 Å². The first-order chi connectivity index (χ1) is 12.7. The first-order valence-corrected chi connectivity index (χ1v) is 9.17. The molecule has 0 spiro atoms. The number of aliphatic hydroxyl groups excluding tert-OH is 1. The Hall–Kier alpha value is -2.54. The van der Waals surface area contributed by atoms with Crippen LogP contribution in [0.1, 0.15) is 47.9 Å². The number of anilines is 1. The van der Waals surface area contributed by atoms with Gasteiger partial charge in [-0.15, -0.1) is 0 Å². The SMILES string of the molecule is O=C(c1cncc(NC(c2ccccn2)C2CC(O)C2)n1)N1CCCC1. The summed E-state index contributed by atoms with van der Waals surface area (Å²) in [5.41, 5.74) is 1.27. The Labute approximate surface area is 152 Å². The van der Waals surface area contributed by atoms with E-state index in [1.54, 1.807) is 12.4 Å². The molecule has 2 N–H and O–H groups in total. The van der Waals surface area contributed by atoms with Gasteiger partial charge in [-0.05, 0) is 43.7 Å². The summed E-state index contributed by atoms with van der Waals surface area (Å²) in [5.74, 6) is 0.777. The lowest BCUT2D eigenvalue weighted by Gasteiger charge is -2.37. The van der Waals surface area contributed by atoms with Crippen molar-refractivity contribution in [3.8, 4) is 0 Å². The van der Waals surface area contributed by atoms with Crippen molar-refractivity contribution in [3.05, 3.63) is 48.2 Å². The van der Waals surface area contributed by atoms with E-state index < -0.39 is 0 Å². The molecule has 1 aliphatic carbocycles. The van der Waals surface area contributed by atoms with Gasteiger partial charge >= 0.3 is 0 Å².